The van der Waals surface area contributed by atoms with Crippen LogP contribution in [0.25, 0.3) is 0 Å². The highest BCUT2D eigenvalue weighted by molar-refractivity contribution is 7.98. The van der Waals surface area contributed by atoms with Crippen LogP contribution in [0.3, 0.4) is 0 Å². The van der Waals surface area contributed by atoms with Crippen LogP contribution in [0.1, 0.15) is 46.5 Å². The summed E-state index contributed by atoms with van der Waals surface area (Å²) in [7, 11) is 0. The van der Waals surface area contributed by atoms with Gasteiger partial charge in [-0.2, -0.15) is 0 Å². The van der Waals surface area contributed by atoms with Crippen molar-refractivity contribution in [3.8, 4) is 0 Å². The van der Waals surface area contributed by atoms with Crippen molar-refractivity contribution in [3.05, 3.63) is 24.3 Å². The maximum absolute atomic E-state index is 3.84. The first kappa shape index (κ1) is 14.8. The molecule has 1 saturated carbocycles. The average Bonchev–Trinajstić information content (AvgIpc) is 2.39. The summed E-state index contributed by atoms with van der Waals surface area (Å²) >= 11 is 1.83. The van der Waals surface area contributed by atoms with Gasteiger partial charge in [-0.25, -0.2) is 0 Å². The Balaban J connectivity index is 2.15. The van der Waals surface area contributed by atoms with Crippen LogP contribution in [-0.2, 0) is 0 Å². The summed E-state index contributed by atoms with van der Waals surface area (Å²) < 4.78 is 0. The summed E-state index contributed by atoms with van der Waals surface area (Å²) in [5, 5.41) is 3.84. The number of thioether (sulfide) groups is 1. The highest BCUT2D eigenvalue weighted by Gasteiger charge is 2.34. The minimum Gasteiger partial charge on any atom is -0.381 e. The SMILES string of the molecule is CSc1ccccc1NC1CCCCC1C(C)(C)C. The van der Waals surface area contributed by atoms with Gasteiger partial charge in [0.15, 0.2) is 0 Å². The molecule has 0 spiro atoms. The number of para-hydroxylation sites is 1. The van der Waals surface area contributed by atoms with Gasteiger partial charge in [-0.1, -0.05) is 45.7 Å². The lowest BCUT2D eigenvalue weighted by Crippen LogP contribution is -2.39. The van der Waals surface area contributed by atoms with Crippen molar-refractivity contribution in [2.45, 2.75) is 57.4 Å². The molecule has 2 atom stereocenters. The van der Waals surface area contributed by atoms with Crippen molar-refractivity contribution in [3.63, 3.8) is 0 Å². The van der Waals surface area contributed by atoms with Gasteiger partial charge in [0.2, 0.25) is 0 Å². The van der Waals surface area contributed by atoms with Gasteiger partial charge in [0.05, 0.1) is 0 Å². The Morgan fingerprint density at radius 3 is 2.47 bits per heavy atom. The minimum absolute atomic E-state index is 0.395. The fourth-order valence-electron chi connectivity index (χ4n) is 3.30. The van der Waals surface area contributed by atoms with Crippen LogP contribution in [0.4, 0.5) is 5.69 Å². The quantitative estimate of drug-likeness (QED) is 0.740. The lowest BCUT2D eigenvalue weighted by molar-refractivity contribution is 0.162. The van der Waals surface area contributed by atoms with Crippen LogP contribution in [0, 0.1) is 11.3 Å². The van der Waals surface area contributed by atoms with E-state index in [0.717, 1.165) is 5.92 Å². The van der Waals surface area contributed by atoms with Crippen LogP contribution in [0.5, 0.6) is 0 Å². The Kier molecular flexibility index (Phi) is 4.83. The van der Waals surface area contributed by atoms with E-state index in [2.05, 4.69) is 56.6 Å². The fraction of sp³-hybridized carbons (Fsp3) is 0.647. The standard InChI is InChI=1S/C17H27NS/c1-17(2,3)13-9-5-6-10-14(13)18-15-11-7-8-12-16(15)19-4/h7-8,11-14,18H,5-6,9-10H2,1-4H3. The summed E-state index contributed by atoms with van der Waals surface area (Å²) in [5.41, 5.74) is 1.71. The van der Waals surface area contributed by atoms with Crippen LogP contribution in [0.15, 0.2) is 29.2 Å². The van der Waals surface area contributed by atoms with Crippen molar-refractivity contribution in [1.29, 1.82) is 0 Å². The zero-order valence-corrected chi connectivity index (χ0v) is 13.5. The molecule has 2 unspecified atom stereocenters. The highest BCUT2D eigenvalue weighted by atomic mass is 32.2. The molecule has 0 bridgehead atoms. The zero-order chi connectivity index (χ0) is 13.9. The Labute approximate surface area is 122 Å². The molecule has 1 aromatic rings. The second-order valence-corrected chi connectivity index (χ2v) is 7.56. The third kappa shape index (κ3) is 3.68. The molecule has 1 aromatic carbocycles. The van der Waals surface area contributed by atoms with E-state index in [0.29, 0.717) is 11.5 Å². The Morgan fingerprint density at radius 1 is 1.11 bits per heavy atom. The molecule has 0 radical (unpaired) electrons. The molecular weight excluding hydrogens is 250 g/mol. The number of anilines is 1. The van der Waals surface area contributed by atoms with Gasteiger partial charge < -0.3 is 5.32 Å². The molecule has 1 fully saturated rings. The van der Waals surface area contributed by atoms with Gasteiger partial charge in [0.1, 0.15) is 0 Å². The van der Waals surface area contributed by atoms with E-state index in [1.54, 1.807) is 0 Å². The number of rotatable bonds is 3. The molecule has 0 aromatic heterocycles. The van der Waals surface area contributed by atoms with Gasteiger partial charge in [0, 0.05) is 16.6 Å². The molecule has 1 nitrogen and oxygen atoms in total. The molecule has 2 heteroatoms. The topological polar surface area (TPSA) is 12.0 Å². The first-order valence-electron chi connectivity index (χ1n) is 7.42. The van der Waals surface area contributed by atoms with Crippen LogP contribution < -0.4 is 5.32 Å². The van der Waals surface area contributed by atoms with Crippen LogP contribution in [0.2, 0.25) is 0 Å². The molecule has 106 valence electrons. The fourth-order valence-corrected chi connectivity index (χ4v) is 3.87. The first-order valence-corrected chi connectivity index (χ1v) is 8.64. The predicted molar refractivity (Wildman–Crippen MR) is 87.0 cm³/mol. The Bertz CT molecular complexity index is 408. The second kappa shape index (κ2) is 6.21. The van der Waals surface area contributed by atoms with Crippen molar-refractivity contribution < 1.29 is 0 Å². The van der Waals surface area contributed by atoms with Gasteiger partial charge >= 0.3 is 0 Å². The summed E-state index contributed by atoms with van der Waals surface area (Å²) in [4.78, 5) is 1.36. The normalized spacial score (nSPS) is 24.2. The van der Waals surface area contributed by atoms with Crippen LogP contribution >= 0.6 is 11.8 Å². The zero-order valence-electron chi connectivity index (χ0n) is 12.7. The van der Waals surface area contributed by atoms with Crippen molar-refractivity contribution in [2.24, 2.45) is 11.3 Å². The lowest BCUT2D eigenvalue weighted by atomic mass is 9.69. The predicted octanol–water partition coefficient (Wildman–Crippen LogP) is 5.43. The third-order valence-corrected chi connectivity index (χ3v) is 5.12. The maximum Gasteiger partial charge on any atom is 0.0480 e. The monoisotopic (exact) mass is 277 g/mol. The molecule has 0 amide bonds. The molecule has 19 heavy (non-hydrogen) atoms. The van der Waals surface area contributed by atoms with E-state index in [4.69, 9.17) is 0 Å². The Hall–Kier alpha value is -0.630. The van der Waals surface area contributed by atoms with Crippen molar-refractivity contribution in [1.82, 2.24) is 0 Å². The summed E-state index contributed by atoms with van der Waals surface area (Å²) in [6.07, 6.45) is 7.59. The molecule has 1 N–H and O–H groups in total. The van der Waals surface area contributed by atoms with Gasteiger partial charge in [0.25, 0.3) is 0 Å². The number of hydrogen-bond acceptors (Lipinski definition) is 2. The smallest absolute Gasteiger partial charge is 0.0480 e. The number of hydrogen-bond donors (Lipinski definition) is 1. The molecule has 1 aliphatic carbocycles. The van der Waals surface area contributed by atoms with Gasteiger partial charge in [-0.05, 0) is 42.6 Å². The van der Waals surface area contributed by atoms with E-state index in [1.165, 1.54) is 36.3 Å². The number of benzene rings is 1. The third-order valence-electron chi connectivity index (χ3n) is 4.33. The minimum atomic E-state index is 0.395. The molecule has 1 aliphatic rings. The maximum atomic E-state index is 3.84. The summed E-state index contributed by atoms with van der Waals surface area (Å²) in [6, 6.07) is 9.32. The summed E-state index contributed by atoms with van der Waals surface area (Å²) in [6.45, 7) is 7.16. The summed E-state index contributed by atoms with van der Waals surface area (Å²) in [5.74, 6) is 0.774. The van der Waals surface area contributed by atoms with Crippen molar-refractivity contribution in [2.75, 3.05) is 11.6 Å². The van der Waals surface area contributed by atoms with E-state index in [9.17, 15) is 0 Å². The molecule has 0 saturated heterocycles. The average molecular weight is 277 g/mol. The first-order chi connectivity index (χ1) is 9.02. The number of nitrogens with one attached hydrogen (secondary N) is 1. The molecule has 0 aliphatic heterocycles. The molecular formula is C17H27NS. The van der Waals surface area contributed by atoms with Crippen LogP contribution in [-0.4, -0.2) is 12.3 Å². The van der Waals surface area contributed by atoms with E-state index >= 15 is 0 Å². The van der Waals surface area contributed by atoms with E-state index in [-0.39, 0.29) is 0 Å². The lowest BCUT2D eigenvalue weighted by Gasteiger charge is -2.41. The van der Waals surface area contributed by atoms with E-state index in [1.807, 2.05) is 11.8 Å². The second-order valence-electron chi connectivity index (χ2n) is 6.71. The molecule has 0 heterocycles. The van der Waals surface area contributed by atoms with Gasteiger partial charge in [-0.15, -0.1) is 11.8 Å². The highest BCUT2D eigenvalue weighted by Crippen LogP contribution is 2.40. The van der Waals surface area contributed by atoms with Gasteiger partial charge in [-0.3, -0.25) is 0 Å². The van der Waals surface area contributed by atoms with E-state index < -0.39 is 0 Å². The van der Waals surface area contributed by atoms with Crippen molar-refractivity contribution >= 4 is 17.4 Å². The largest absolute Gasteiger partial charge is 0.381 e. The Morgan fingerprint density at radius 2 is 1.79 bits per heavy atom. The molecule has 2 rings (SSSR count).